The Kier molecular flexibility index (Phi) is 5.24. The number of fused-ring (bicyclic) bond motifs is 1. The molecule has 1 atom stereocenters. The number of alkyl halides is 3. The summed E-state index contributed by atoms with van der Waals surface area (Å²) in [5.74, 6) is 0.120. The number of halogens is 3. The summed E-state index contributed by atoms with van der Waals surface area (Å²) < 4.78 is 39.9. The highest BCUT2D eigenvalue weighted by atomic mass is 19.4. The van der Waals surface area contributed by atoms with E-state index < -0.39 is 17.8 Å². The van der Waals surface area contributed by atoms with Crippen LogP contribution in [0, 0.1) is 22.8 Å². The normalized spacial score (nSPS) is 14.8. The maximum atomic E-state index is 13.3. The molecular formula is C22H15F3N8. The zero-order valence-electron chi connectivity index (χ0n) is 16.8. The highest BCUT2D eigenvalue weighted by Crippen LogP contribution is 2.43. The molecule has 0 saturated heterocycles. The Morgan fingerprint density at radius 2 is 1.82 bits per heavy atom. The first-order chi connectivity index (χ1) is 15.7. The lowest BCUT2D eigenvalue weighted by atomic mass is 9.89. The van der Waals surface area contributed by atoms with Crippen molar-refractivity contribution in [2.45, 2.75) is 12.2 Å². The van der Waals surface area contributed by atoms with Crippen molar-refractivity contribution in [2.24, 2.45) is 4.99 Å². The van der Waals surface area contributed by atoms with E-state index >= 15 is 0 Å². The largest absolute Gasteiger partial charge is 0.416 e. The summed E-state index contributed by atoms with van der Waals surface area (Å²) in [7, 11) is 0. The van der Waals surface area contributed by atoms with E-state index in [1.807, 2.05) is 6.07 Å². The van der Waals surface area contributed by atoms with Gasteiger partial charge in [-0.1, -0.05) is 36.4 Å². The lowest BCUT2D eigenvalue weighted by Crippen LogP contribution is -2.33. The van der Waals surface area contributed by atoms with Crippen LogP contribution >= 0.6 is 0 Å². The first-order valence-corrected chi connectivity index (χ1v) is 9.50. The first kappa shape index (κ1) is 21.5. The number of pyridine rings is 1. The molecule has 1 unspecified atom stereocenters. The molecule has 4 rings (SSSR count). The van der Waals surface area contributed by atoms with Gasteiger partial charge >= 0.3 is 6.18 Å². The van der Waals surface area contributed by atoms with Crippen LogP contribution in [0.5, 0.6) is 0 Å². The summed E-state index contributed by atoms with van der Waals surface area (Å²) in [5.41, 5.74) is 12.9. The minimum absolute atomic E-state index is 0.0380. The van der Waals surface area contributed by atoms with E-state index in [4.69, 9.17) is 16.7 Å². The second-order valence-electron chi connectivity index (χ2n) is 7.07. The summed E-state index contributed by atoms with van der Waals surface area (Å²) >= 11 is 0. The summed E-state index contributed by atoms with van der Waals surface area (Å²) in [6.07, 6.45) is -2.76. The number of aromatic nitrogens is 1. The Balaban J connectivity index is 1.96. The van der Waals surface area contributed by atoms with Crippen molar-refractivity contribution in [3.63, 3.8) is 0 Å². The Morgan fingerprint density at radius 3 is 2.52 bits per heavy atom. The van der Waals surface area contributed by atoms with Crippen molar-refractivity contribution in [2.75, 3.05) is 16.8 Å². The number of nitrogens with zero attached hydrogens (tertiary/aromatic N) is 4. The van der Waals surface area contributed by atoms with Gasteiger partial charge in [0.2, 0.25) is 5.96 Å². The molecule has 0 bridgehead atoms. The standard InChI is InChI=1S/C22H15F3N8/c23-22(24,25)12-5-3-4-11(8-12)13-6-1-2-7-14(13)18-16-17(28)15(9-26)19(29)32-20(16)33-21(31-18)30-10-27/h1-8,18H,(H6,28,29,30,31,32,33). The predicted molar refractivity (Wildman–Crippen MR) is 116 cm³/mol. The van der Waals surface area contributed by atoms with Crippen LogP contribution in [0.2, 0.25) is 0 Å². The van der Waals surface area contributed by atoms with E-state index in [0.29, 0.717) is 22.3 Å². The SMILES string of the molecule is N#CNC1=NC(c2ccccc2-c2cccc(C(F)(F)F)c2)c2c(nc(N)c(C#N)c2N)N1. The molecule has 11 heteroatoms. The Hall–Kier alpha value is -4.77. The number of benzene rings is 2. The molecule has 164 valence electrons. The molecule has 0 spiro atoms. The van der Waals surface area contributed by atoms with Gasteiger partial charge in [-0.25, -0.2) is 9.98 Å². The number of rotatable bonds is 2. The van der Waals surface area contributed by atoms with Gasteiger partial charge in [0.15, 0.2) is 6.19 Å². The molecule has 1 aliphatic rings. The topological polar surface area (TPSA) is 149 Å². The number of nitriles is 2. The molecule has 33 heavy (non-hydrogen) atoms. The van der Waals surface area contributed by atoms with E-state index in [9.17, 15) is 18.4 Å². The number of hydrogen-bond donors (Lipinski definition) is 4. The fraction of sp³-hybridized carbons (Fsp3) is 0.0909. The highest BCUT2D eigenvalue weighted by Gasteiger charge is 2.33. The molecule has 3 aromatic rings. The van der Waals surface area contributed by atoms with E-state index in [-0.39, 0.29) is 28.8 Å². The Bertz CT molecular complexity index is 1370. The van der Waals surface area contributed by atoms with Crippen LogP contribution < -0.4 is 22.1 Å². The summed E-state index contributed by atoms with van der Waals surface area (Å²) in [6, 6.07) is 12.7. The lowest BCUT2D eigenvalue weighted by molar-refractivity contribution is -0.137. The number of nitrogens with one attached hydrogen (secondary N) is 2. The third-order valence-electron chi connectivity index (χ3n) is 5.11. The van der Waals surface area contributed by atoms with Crippen molar-refractivity contribution in [1.82, 2.24) is 10.3 Å². The van der Waals surface area contributed by atoms with Gasteiger partial charge in [0.1, 0.15) is 29.3 Å². The molecule has 0 saturated carbocycles. The molecule has 6 N–H and O–H groups in total. The van der Waals surface area contributed by atoms with Crippen molar-refractivity contribution >= 4 is 23.3 Å². The van der Waals surface area contributed by atoms with Crippen molar-refractivity contribution in [3.8, 4) is 23.4 Å². The fourth-order valence-corrected chi connectivity index (χ4v) is 3.67. The van der Waals surface area contributed by atoms with E-state index in [1.54, 1.807) is 36.5 Å². The zero-order valence-corrected chi connectivity index (χ0v) is 16.8. The van der Waals surface area contributed by atoms with Gasteiger partial charge in [-0.15, -0.1) is 0 Å². The van der Waals surface area contributed by atoms with E-state index in [2.05, 4.69) is 20.6 Å². The average molecular weight is 448 g/mol. The minimum Gasteiger partial charge on any atom is -0.397 e. The smallest absolute Gasteiger partial charge is 0.397 e. The minimum atomic E-state index is -4.51. The number of nitrogens with two attached hydrogens (primary N) is 2. The number of aliphatic imine (C=N–C) groups is 1. The fourth-order valence-electron chi connectivity index (χ4n) is 3.67. The maximum Gasteiger partial charge on any atom is 0.416 e. The molecule has 8 nitrogen and oxygen atoms in total. The van der Waals surface area contributed by atoms with Gasteiger partial charge in [0.05, 0.1) is 11.3 Å². The molecule has 2 heterocycles. The van der Waals surface area contributed by atoms with Crippen LogP contribution in [-0.2, 0) is 6.18 Å². The molecular weight excluding hydrogens is 433 g/mol. The van der Waals surface area contributed by atoms with Gasteiger partial charge < -0.3 is 16.8 Å². The van der Waals surface area contributed by atoms with E-state index in [1.165, 1.54) is 6.07 Å². The maximum absolute atomic E-state index is 13.3. The molecule has 0 amide bonds. The molecule has 0 aliphatic carbocycles. The van der Waals surface area contributed by atoms with Crippen molar-refractivity contribution < 1.29 is 13.2 Å². The van der Waals surface area contributed by atoms with Crippen molar-refractivity contribution in [3.05, 3.63) is 70.8 Å². The second kappa shape index (κ2) is 8.05. The van der Waals surface area contributed by atoms with Crippen LogP contribution in [0.15, 0.2) is 53.5 Å². The number of hydrogen-bond acceptors (Lipinski definition) is 8. The summed E-state index contributed by atoms with van der Waals surface area (Å²) in [5, 5.41) is 23.7. The molecule has 1 aliphatic heterocycles. The van der Waals surface area contributed by atoms with Gasteiger partial charge in [-0.3, -0.25) is 5.32 Å². The monoisotopic (exact) mass is 448 g/mol. The van der Waals surface area contributed by atoms with Gasteiger partial charge in [0.25, 0.3) is 0 Å². The van der Waals surface area contributed by atoms with E-state index in [0.717, 1.165) is 12.1 Å². The van der Waals surface area contributed by atoms with Crippen LogP contribution in [0.3, 0.4) is 0 Å². The predicted octanol–water partition coefficient (Wildman–Crippen LogP) is 3.75. The first-order valence-electron chi connectivity index (χ1n) is 9.50. The van der Waals surface area contributed by atoms with Gasteiger partial charge in [-0.2, -0.15) is 23.7 Å². The molecule has 0 fully saturated rings. The summed E-state index contributed by atoms with van der Waals surface area (Å²) in [6.45, 7) is 0. The number of nitrogen functional groups attached to an aromatic ring is 2. The third-order valence-corrected chi connectivity index (χ3v) is 5.11. The third kappa shape index (κ3) is 3.83. The lowest BCUT2D eigenvalue weighted by Gasteiger charge is -2.27. The second-order valence-corrected chi connectivity index (χ2v) is 7.07. The Morgan fingerprint density at radius 1 is 1.06 bits per heavy atom. The molecule has 0 radical (unpaired) electrons. The Labute approximate surface area is 186 Å². The van der Waals surface area contributed by atoms with Gasteiger partial charge in [0, 0.05) is 5.56 Å². The summed E-state index contributed by atoms with van der Waals surface area (Å²) in [4.78, 5) is 8.67. The highest BCUT2D eigenvalue weighted by molar-refractivity contribution is 5.98. The zero-order chi connectivity index (χ0) is 23.8. The molecule has 1 aromatic heterocycles. The quantitative estimate of drug-likeness (QED) is 0.345. The van der Waals surface area contributed by atoms with Crippen LogP contribution in [0.25, 0.3) is 11.1 Å². The van der Waals surface area contributed by atoms with Crippen molar-refractivity contribution in [1.29, 1.82) is 10.5 Å². The van der Waals surface area contributed by atoms with Crippen LogP contribution in [-0.4, -0.2) is 10.9 Å². The van der Waals surface area contributed by atoms with Crippen LogP contribution in [0.1, 0.15) is 28.3 Å². The van der Waals surface area contributed by atoms with Gasteiger partial charge in [-0.05, 0) is 28.8 Å². The van der Waals surface area contributed by atoms with Crippen LogP contribution in [0.4, 0.5) is 30.5 Å². The number of guanidine groups is 1. The number of anilines is 3. The molecule has 2 aromatic carbocycles. The average Bonchev–Trinajstić information content (AvgIpc) is 2.78.